The largest absolute Gasteiger partial charge is 0.379 e. The first kappa shape index (κ1) is 14.4. The van der Waals surface area contributed by atoms with E-state index in [1.54, 1.807) is 0 Å². The van der Waals surface area contributed by atoms with E-state index in [4.69, 9.17) is 4.74 Å². The van der Waals surface area contributed by atoms with E-state index in [0.29, 0.717) is 12.6 Å². The number of carbonyl (C=O) groups is 1. The summed E-state index contributed by atoms with van der Waals surface area (Å²) in [7, 11) is 0. The molecule has 0 aliphatic heterocycles. The van der Waals surface area contributed by atoms with Crippen molar-refractivity contribution in [2.24, 2.45) is 0 Å². The van der Waals surface area contributed by atoms with Crippen LogP contribution in [0.15, 0.2) is 0 Å². The molecule has 0 aromatic heterocycles. The number of unbranched alkanes of at least 4 members (excludes halogenated alkanes) is 1. The number of ether oxygens (including phenoxy) is 1. The molecule has 4 nitrogen and oxygen atoms in total. The fraction of sp³-hybridized carbons (Fsp3) is 0.909. The normalized spacial score (nSPS) is 10.7. The lowest BCUT2D eigenvalue weighted by molar-refractivity contribution is -0.118. The minimum absolute atomic E-state index is 0.0298. The van der Waals surface area contributed by atoms with Crippen LogP contribution in [0.3, 0.4) is 0 Å². The molecule has 0 heterocycles. The lowest BCUT2D eigenvalue weighted by atomic mass is 10.3. The Hall–Kier alpha value is -0.610. The lowest BCUT2D eigenvalue weighted by Crippen LogP contribution is -2.30. The van der Waals surface area contributed by atoms with Gasteiger partial charge < -0.3 is 15.4 Å². The van der Waals surface area contributed by atoms with Crippen LogP contribution in [0.4, 0.5) is 0 Å². The van der Waals surface area contributed by atoms with Gasteiger partial charge in [0.05, 0.1) is 6.10 Å². The highest BCUT2D eigenvalue weighted by molar-refractivity contribution is 5.72. The van der Waals surface area contributed by atoms with Crippen LogP contribution in [-0.4, -0.2) is 38.3 Å². The molecule has 0 saturated heterocycles. The summed E-state index contributed by atoms with van der Waals surface area (Å²) in [6, 6.07) is 0. The Morgan fingerprint density at radius 3 is 2.53 bits per heavy atom. The summed E-state index contributed by atoms with van der Waals surface area (Å²) in [6.45, 7) is 9.00. The van der Waals surface area contributed by atoms with Crippen molar-refractivity contribution in [3.63, 3.8) is 0 Å². The Bertz CT molecular complexity index is 161. The molecule has 0 aromatic carbocycles. The monoisotopic (exact) mass is 216 g/mol. The molecule has 0 fully saturated rings. The quantitative estimate of drug-likeness (QED) is 0.563. The van der Waals surface area contributed by atoms with Gasteiger partial charge in [0.2, 0.25) is 5.91 Å². The summed E-state index contributed by atoms with van der Waals surface area (Å²) in [5.41, 5.74) is 0. The van der Waals surface area contributed by atoms with Crippen molar-refractivity contribution < 1.29 is 9.53 Å². The molecule has 0 radical (unpaired) electrons. The Labute approximate surface area is 92.8 Å². The SMILES string of the molecule is CC(=O)NCCNCCCCOC(C)C. The van der Waals surface area contributed by atoms with Crippen LogP contribution >= 0.6 is 0 Å². The van der Waals surface area contributed by atoms with E-state index in [9.17, 15) is 4.79 Å². The summed E-state index contributed by atoms with van der Waals surface area (Å²) in [6.07, 6.45) is 2.54. The van der Waals surface area contributed by atoms with Crippen LogP contribution in [-0.2, 0) is 9.53 Å². The zero-order valence-electron chi connectivity index (χ0n) is 10.1. The molecule has 15 heavy (non-hydrogen) atoms. The van der Waals surface area contributed by atoms with E-state index < -0.39 is 0 Å². The van der Waals surface area contributed by atoms with Crippen LogP contribution in [0.25, 0.3) is 0 Å². The molecule has 0 saturated carbocycles. The summed E-state index contributed by atoms with van der Waals surface area (Å²) in [4.78, 5) is 10.5. The molecule has 0 aliphatic rings. The van der Waals surface area contributed by atoms with E-state index in [1.807, 2.05) is 13.8 Å². The smallest absolute Gasteiger partial charge is 0.216 e. The molecular formula is C11H24N2O2. The van der Waals surface area contributed by atoms with Crippen molar-refractivity contribution in [1.82, 2.24) is 10.6 Å². The minimum Gasteiger partial charge on any atom is -0.379 e. The van der Waals surface area contributed by atoms with Crippen molar-refractivity contribution in [3.05, 3.63) is 0 Å². The third-order valence-corrected chi connectivity index (χ3v) is 1.87. The van der Waals surface area contributed by atoms with E-state index >= 15 is 0 Å². The highest BCUT2D eigenvalue weighted by atomic mass is 16.5. The number of nitrogens with one attached hydrogen (secondary N) is 2. The first-order valence-electron chi connectivity index (χ1n) is 5.69. The van der Waals surface area contributed by atoms with Crippen LogP contribution < -0.4 is 10.6 Å². The van der Waals surface area contributed by atoms with E-state index in [0.717, 1.165) is 32.5 Å². The highest BCUT2D eigenvalue weighted by Crippen LogP contribution is 1.92. The topological polar surface area (TPSA) is 50.4 Å². The minimum atomic E-state index is 0.0298. The van der Waals surface area contributed by atoms with Gasteiger partial charge in [-0.05, 0) is 33.2 Å². The first-order chi connectivity index (χ1) is 7.13. The van der Waals surface area contributed by atoms with Gasteiger partial charge in [0.1, 0.15) is 0 Å². The van der Waals surface area contributed by atoms with Crippen LogP contribution in [0.5, 0.6) is 0 Å². The zero-order valence-corrected chi connectivity index (χ0v) is 10.1. The van der Waals surface area contributed by atoms with Gasteiger partial charge in [0.15, 0.2) is 0 Å². The molecule has 1 amide bonds. The summed E-state index contributed by atoms with van der Waals surface area (Å²) >= 11 is 0. The summed E-state index contributed by atoms with van der Waals surface area (Å²) < 4.78 is 5.42. The van der Waals surface area contributed by atoms with Crippen molar-refractivity contribution in [1.29, 1.82) is 0 Å². The molecule has 0 aromatic rings. The molecule has 4 heteroatoms. The van der Waals surface area contributed by atoms with Gasteiger partial charge in [0.25, 0.3) is 0 Å². The van der Waals surface area contributed by atoms with Gasteiger partial charge in [-0.1, -0.05) is 0 Å². The lowest BCUT2D eigenvalue weighted by Gasteiger charge is -2.07. The predicted molar refractivity (Wildman–Crippen MR) is 61.9 cm³/mol. The fourth-order valence-corrected chi connectivity index (χ4v) is 1.12. The summed E-state index contributed by atoms with van der Waals surface area (Å²) in [5, 5.41) is 5.99. The summed E-state index contributed by atoms with van der Waals surface area (Å²) in [5.74, 6) is 0.0298. The second-order valence-corrected chi connectivity index (χ2v) is 3.86. The predicted octanol–water partition coefficient (Wildman–Crippen LogP) is 0.917. The number of hydrogen-bond donors (Lipinski definition) is 2. The Kier molecular flexibility index (Phi) is 9.52. The number of hydrogen-bond acceptors (Lipinski definition) is 3. The Morgan fingerprint density at radius 2 is 1.93 bits per heavy atom. The molecule has 0 unspecified atom stereocenters. The third-order valence-electron chi connectivity index (χ3n) is 1.87. The molecular weight excluding hydrogens is 192 g/mol. The molecule has 0 aliphatic carbocycles. The van der Waals surface area contributed by atoms with Crippen molar-refractivity contribution in [2.75, 3.05) is 26.2 Å². The maximum Gasteiger partial charge on any atom is 0.216 e. The molecule has 0 spiro atoms. The molecule has 0 bridgehead atoms. The maximum atomic E-state index is 10.5. The van der Waals surface area contributed by atoms with Gasteiger partial charge >= 0.3 is 0 Å². The number of carbonyl (C=O) groups excluding carboxylic acids is 1. The van der Waals surface area contributed by atoms with E-state index in [2.05, 4.69) is 10.6 Å². The van der Waals surface area contributed by atoms with Gasteiger partial charge in [-0.15, -0.1) is 0 Å². The Balaban J connectivity index is 2.96. The van der Waals surface area contributed by atoms with E-state index in [1.165, 1.54) is 6.92 Å². The van der Waals surface area contributed by atoms with E-state index in [-0.39, 0.29) is 5.91 Å². The van der Waals surface area contributed by atoms with Crippen molar-refractivity contribution in [3.8, 4) is 0 Å². The average molecular weight is 216 g/mol. The van der Waals surface area contributed by atoms with Crippen LogP contribution in [0.1, 0.15) is 33.6 Å². The average Bonchev–Trinajstić information content (AvgIpc) is 2.14. The van der Waals surface area contributed by atoms with Gasteiger partial charge in [-0.3, -0.25) is 4.79 Å². The molecule has 0 atom stereocenters. The molecule has 2 N–H and O–H groups in total. The van der Waals surface area contributed by atoms with Crippen LogP contribution in [0, 0.1) is 0 Å². The van der Waals surface area contributed by atoms with Gasteiger partial charge in [0, 0.05) is 26.6 Å². The standard InChI is InChI=1S/C11H24N2O2/c1-10(2)15-9-5-4-6-12-7-8-13-11(3)14/h10,12H,4-9H2,1-3H3,(H,13,14). The second-order valence-electron chi connectivity index (χ2n) is 3.86. The number of amides is 1. The third kappa shape index (κ3) is 13.4. The highest BCUT2D eigenvalue weighted by Gasteiger charge is 1.93. The first-order valence-corrected chi connectivity index (χ1v) is 5.69. The Morgan fingerprint density at radius 1 is 1.20 bits per heavy atom. The molecule has 90 valence electrons. The molecule has 0 rings (SSSR count). The van der Waals surface area contributed by atoms with Crippen LogP contribution in [0.2, 0.25) is 0 Å². The van der Waals surface area contributed by atoms with Crippen molar-refractivity contribution in [2.45, 2.75) is 39.7 Å². The second kappa shape index (κ2) is 9.93. The zero-order chi connectivity index (χ0) is 11.5. The fourth-order valence-electron chi connectivity index (χ4n) is 1.12. The van der Waals surface area contributed by atoms with Gasteiger partial charge in [-0.2, -0.15) is 0 Å². The van der Waals surface area contributed by atoms with Gasteiger partial charge in [-0.25, -0.2) is 0 Å². The number of rotatable bonds is 9. The van der Waals surface area contributed by atoms with Crippen molar-refractivity contribution >= 4 is 5.91 Å². The maximum absolute atomic E-state index is 10.5.